The maximum atomic E-state index is 4.87. The maximum absolute atomic E-state index is 4.87. The van der Waals surface area contributed by atoms with Gasteiger partial charge in [-0.15, -0.1) is 0 Å². The molecule has 0 aromatic heterocycles. The standard InChI is InChI=1S/C38H54/c1-24(2)34-28(6)23-36(10)31(9)37(11)33(22-26(4)32-18-14-15-19-32)20-16-13-17-25(3)21-27(5)35(37)30(8)38(36,12)29(34)7/h13,16-17,20-21,28,31-34H,1,4-5,7,14-15,18-19,22-23H2,2-3,6,8-12H3/b17-13-,20-16+,25-21+/t28?,31-,33-,34?,36-,37-,38+/m0/s1. The second kappa shape index (κ2) is 10.1. The molecule has 2 fully saturated rings. The Labute approximate surface area is 235 Å². The molecule has 7 atom stereocenters. The van der Waals surface area contributed by atoms with Crippen molar-refractivity contribution in [2.45, 2.75) is 93.9 Å². The Morgan fingerprint density at radius 2 is 1.63 bits per heavy atom. The quantitative estimate of drug-likeness (QED) is 0.330. The van der Waals surface area contributed by atoms with Crippen LogP contribution < -0.4 is 0 Å². The highest BCUT2D eigenvalue weighted by molar-refractivity contribution is 5.56. The number of fused-ring (bicyclic) bond motifs is 2. The van der Waals surface area contributed by atoms with Crippen LogP contribution in [0.5, 0.6) is 0 Å². The summed E-state index contributed by atoms with van der Waals surface area (Å²) in [6.07, 6.45) is 19.1. The van der Waals surface area contributed by atoms with Crippen LogP contribution in [-0.4, -0.2) is 0 Å². The van der Waals surface area contributed by atoms with Gasteiger partial charge in [0.05, 0.1) is 0 Å². The highest BCUT2D eigenvalue weighted by Gasteiger charge is 2.65. The van der Waals surface area contributed by atoms with Gasteiger partial charge in [-0.1, -0.05) is 132 Å². The van der Waals surface area contributed by atoms with Crippen LogP contribution in [-0.2, 0) is 0 Å². The minimum absolute atomic E-state index is 0.0640. The van der Waals surface area contributed by atoms with E-state index in [1.165, 1.54) is 71.1 Å². The number of rotatable bonds is 4. The largest absolute Gasteiger partial charge is 0.0996 e. The van der Waals surface area contributed by atoms with E-state index in [1.54, 1.807) is 0 Å². The van der Waals surface area contributed by atoms with Gasteiger partial charge < -0.3 is 0 Å². The van der Waals surface area contributed by atoms with Gasteiger partial charge in [0, 0.05) is 16.7 Å². The van der Waals surface area contributed by atoms with E-state index < -0.39 is 0 Å². The third-order valence-corrected chi connectivity index (χ3v) is 12.2. The van der Waals surface area contributed by atoms with Gasteiger partial charge in [0.2, 0.25) is 0 Å². The van der Waals surface area contributed by atoms with E-state index >= 15 is 0 Å². The highest BCUT2D eigenvalue weighted by Crippen LogP contribution is 2.73. The molecule has 0 amide bonds. The van der Waals surface area contributed by atoms with Gasteiger partial charge in [-0.3, -0.25) is 0 Å². The fraction of sp³-hybridized carbons (Fsp3) is 0.579. The first-order valence-corrected chi connectivity index (χ1v) is 15.2. The molecule has 2 unspecified atom stereocenters. The Kier molecular flexibility index (Phi) is 7.72. The van der Waals surface area contributed by atoms with E-state index in [-0.39, 0.29) is 16.2 Å². The third kappa shape index (κ3) is 4.17. The van der Waals surface area contributed by atoms with Crippen molar-refractivity contribution >= 4 is 0 Å². The number of hydrogen-bond donors (Lipinski definition) is 0. The Morgan fingerprint density at radius 3 is 2.24 bits per heavy atom. The Bertz CT molecular complexity index is 1160. The van der Waals surface area contributed by atoms with Gasteiger partial charge >= 0.3 is 0 Å². The summed E-state index contributed by atoms with van der Waals surface area (Å²) in [5, 5.41) is 0. The monoisotopic (exact) mass is 510 g/mol. The molecule has 38 heavy (non-hydrogen) atoms. The molecule has 0 aromatic rings. The van der Waals surface area contributed by atoms with E-state index in [0.29, 0.717) is 29.6 Å². The van der Waals surface area contributed by atoms with Crippen LogP contribution >= 0.6 is 0 Å². The summed E-state index contributed by atoms with van der Waals surface area (Å²) in [5.74, 6) is 2.37. The second-order valence-corrected chi connectivity index (χ2v) is 14.2. The van der Waals surface area contributed by atoms with Gasteiger partial charge in [-0.2, -0.15) is 0 Å². The summed E-state index contributed by atoms with van der Waals surface area (Å²) in [4.78, 5) is 0. The van der Waals surface area contributed by atoms with Crippen LogP contribution in [0.2, 0.25) is 0 Å². The Hall–Kier alpha value is -2.08. The molecule has 0 heterocycles. The zero-order chi connectivity index (χ0) is 28.2. The molecule has 0 bridgehead atoms. The van der Waals surface area contributed by atoms with Crippen molar-refractivity contribution in [1.29, 1.82) is 0 Å². The minimum atomic E-state index is -0.112. The highest BCUT2D eigenvalue weighted by atomic mass is 14.7. The van der Waals surface area contributed by atoms with Crippen molar-refractivity contribution in [2.75, 3.05) is 0 Å². The lowest BCUT2D eigenvalue weighted by Gasteiger charge is -2.68. The van der Waals surface area contributed by atoms with E-state index in [0.717, 1.165) is 6.42 Å². The van der Waals surface area contributed by atoms with Crippen LogP contribution in [0.25, 0.3) is 0 Å². The zero-order valence-electron chi connectivity index (χ0n) is 25.8. The van der Waals surface area contributed by atoms with E-state index in [2.05, 4.69) is 92.3 Å². The SMILES string of the molecule is C=C1/C=C(C)/C=C\C=C\[C@@H](CC(=C)C2CCCC2)[C@@]2(C)C1=C(C)[C@@]1(C)C(=C)C(C(=C)C)C(C)C[C@@]1(C)[C@@H]2C. The van der Waals surface area contributed by atoms with Crippen LogP contribution in [0.4, 0.5) is 0 Å². The van der Waals surface area contributed by atoms with Crippen molar-refractivity contribution in [3.63, 3.8) is 0 Å². The second-order valence-electron chi connectivity index (χ2n) is 14.2. The lowest BCUT2D eigenvalue weighted by molar-refractivity contribution is -0.0714. The predicted octanol–water partition coefficient (Wildman–Crippen LogP) is 11.1. The minimum Gasteiger partial charge on any atom is -0.0996 e. The molecule has 0 spiro atoms. The van der Waals surface area contributed by atoms with Crippen molar-refractivity contribution in [1.82, 2.24) is 0 Å². The molecule has 2 saturated carbocycles. The normalized spacial score (nSPS) is 43.1. The maximum Gasteiger partial charge on any atom is 0.0156 e. The van der Waals surface area contributed by atoms with Gasteiger partial charge in [0.1, 0.15) is 0 Å². The molecule has 0 N–H and O–H groups in total. The Morgan fingerprint density at radius 1 is 1.00 bits per heavy atom. The zero-order valence-corrected chi connectivity index (χ0v) is 25.8. The van der Waals surface area contributed by atoms with E-state index in [4.69, 9.17) is 19.7 Å². The molecule has 4 aliphatic carbocycles. The van der Waals surface area contributed by atoms with Crippen LogP contribution in [0.1, 0.15) is 93.9 Å². The molecule has 206 valence electrons. The molecule has 0 heteroatoms. The first-order chi connectivity index (χ1) is 17.7. The lowest BCUT2D eigenvalue weighted by atomic mass is 9.36. The molecule has 0 nitrogen and oxygen atoms in total. The van der Waals surface area contributed by atoms with Crippen molar-refractivity contribution in [3.05, 3.63) is 95.7 Å². The van der Waals surface area contributed by atoms with Gasteiger partial charge in [-0.05, 0) is 86.7 Å². The lowest BCUT2D eigenvalue weighted by Crippen LogP contribution is -2.60. The number of hydrogen-bond acceptors (Lipinski definition) is 0. The van der Waals surface area contributed by atoms with Crippen molar-refractivity contribution < 1.29 is 0 Å². The topological polar surface area (TPSA) is 0 Å². The molecule has 0 aliphatic heterocycles. The molecule has 4 aliphatic rings. The third-order valence-electron chi connectivity index (χ3n) is 12.2. The summed E-state index contributed by atoms with van der Waals surface area (Å²) >= 11 is 0. The van der Waals surface area contributed by atoms with E-state index in [1.807, 2.05) is 0 Å². The van der Waals surface area contributed by atoms with Crippen LogP contribution in [0, 0.1) is 45.8 Å². The van der Waals surface area contributed by atoms with Crippen LogP contribution in [0.3, 0.4) is 0 Å². The smallest absolute Gasteiger partial charge is 0.0156 e. The predicted molar refractivity (Wildman–Crippen MR) is 168 cm³/mol. The molecule has 0 saturated heterocycles. The molecule has 4 rings (SSSR count). The first-order valence-electron chi connectivity index (χ1n) is 15.2. The number of allylic oxidation sites excluding steroid dienone is 12. The van der Waals surface area contributed by atoms with Gasteiger partial charge in [0.15, 0.2) is 0 Å². The summed E-state index contributed by atoms with van der Waals surface area (Å²) < 4.78 is 0. The average Bonchev–Trinajstić information content (AvgIpc) is 3.37. The first kappa shape index (κ1) is 28.9. The molecular formula is C38H54. The van der Waals surface area contributed by atoms with E-state index in [9.17, 15) is 0 Å². The van der Waals surface area contributed by atoms with Crippen molar-refractivity contribution in [3.8, 4) is 0 Å². The Balaban J connectivity index is 1.99. The fourth-order valence-electron chi connectivity index (χ4n) is 9.76. The fourth-order valence-corrected chi connectivity index (χ4v) is 9.76. The summed E-state index contributed by atoms with van der Waals surface area (Å²) in [6.45, 7) is 38.2. The summed E-state index contributed by atoms with van der Waals surface area (Å²) in [5.41, 5.74) is 9.34. The summed E-state index contributed by atoms with van der Waals surface area (Å²) in [7, 11) is 0. The average molecular weight is 511 g/mol. The molecule has 0 radical (unpaired) electrons. The molecule has 0 aromatic carbocycles. The van der Waals surface area contributed by atoms with Gasteiger partial charge in [-0.25, -0.2) is 0 Å². The van der Waals surface area contributed by atoms with Gasteiger partial charge in [0.25, 0.3) is 0 Å². The van der Waals surface area contributed by atoms with Crippen LogP contribution in [0.15, 0.2) is 95.7 Å². The molecular weight excluding hydrogens is 456 g/mol. The van der Waals surface area contributed by atoms with Crippen molar-refractivity contribution in [2.24, 2.45) is 45.8 Å². The summed E-state index contributed by atoms with van der Waals surface area (Å²) in [6, 6.07) is 0.